The smallest absolute Gasteiger partial charge is 0.0944 e. The summed E-state index contributed by atoms with van der Waals surface area (Å²) in [4.78, 5) is 0. The molecule has 0 bridgehead atoms. The number of hydrogen-bond acceptors (Lipinski definition) is 2. The Balaban J connectivity index is 1.94. The summed E-state index contributed by atoms with van der Waals surface area (Å²) in [6, 6.07) is 18.5. The van der Waals surface area contributed by atoms with Crippen LogP contribution in [-0.4, -0.2) is 10.2 Å². The highest BCUT2D eigenvalue weighted by Crippen LogP contribution is 2.32. The molecule has 1 heterocycles. The molecule has 23 heavy (non-hydrogen) atoms. The fourth-order valence-corrected chi connectivity index (χ4v) is 2.79. The van der Waals surface area contributed by atoms with Crippen molar-refractivity contribution in [2.24, 2.45) is 0 Å². The van der Waals surface area contributed by atoms with Gasteiger partial charge in [-0.15, -0.1) is 0 Å². The molecule has 3 heteroatoms. The van der Waals surface area contributed by atoms with E-state index < -0.39 is 0 Å². The van der Waals surface area contributed by atoms with Crippen LogP contribution in [0.4, 0.5) is 0 Å². The standard InChI is InChI=1S/C20H19ClN2/c1-20(2,3)16-9-6-14(7-10-16)15-8-11-17(18(21)13-15)19-5-4-12-22-23-19/h4-13H,1-3H3. The second-order valence-corrected chi connectivity index (χ2v) is 7.04. The SMILES string of the molecule is CC(C)(C)c1ccc(-c2ccc(-c3cccnn3)c(Cl)c2)cc1. The van der Waals surface area contributed by atoms with Crippen LogP contribution in [0, 0.1) is 0 Å². The van der Waals surface area contributed by atoms with E-state index >= 15 is 0 Å². The monoisotopic (exact) mass is 322 g/mol. The molecule has 1 aromatic heterocycles. The predicted molar refractivity (Wildman–Crippen MR) is 96.6 cm³/mol. The van der Waals surface area contributed by atoms with Crippen molar-refractivity contribution in [2.75, 3.05) is 0 Å². The van der Waals surface area contributed by atoms with E-state index in [1.165, 1.54) is 5.56 Å². The first kappa shape index (κ1) is 15.7. The number of hydrogen-bond donors (Lipinski definition) is 0. The third kappa shape index (κ3) is 3.43. The Morgan fingerprint density at radius 2 is 1.57 bits per heavy atom. The van der Waals surface area contributed by atoms with Crippen molar-refractivity contribution in [3.63, 3.8) is 0 Å². The van der Waals surface area contributed by atoms with Crippen molar-refractivity contribution in [2.45, 2.75) is 26.2 Å². The lowest BCUT2D eigenvalue weighted by Gasteiger charge is -2.19. The zero-order valence-electron chi connectivity index (χ0n) is 13.5. The molecule has 0 N–H and O–H groups in total. The maximum atomic E-state index is 6.45. The van der Waals surface area contributed by atoms with Crippen LogP contribution < -0.4 is 0 Å². The molecule has 0 saturated heterocycles. The van der Waals surface area contributed by atoms with E-state index in [4.69, 9.17) is 11.6 Å². The van der Waals surface area contributed by atoms with Crippen molar-refractivity contribution < 1.29 is 0 Å². The molecule has 3 aromatic rings. The van der Waals surface area contributed by atoms with Gasteiger partial charge in [0.15, 0.2) is 0 Å². The van der Waals surface area contributed by atoms with E-state index in [2.05, 4.69) is 61.3 Å². The topological polar surface area (TPSA) is 25.8 Å². The van der Waals surface area contributed by atoms with E-state index in [-0.39, 0.29) is 5.41 Å². The number of nitrogens with zero attached hydrogens (tertiary/aromatic N) is 2. The Bertz CT molecular complexity index is 803. The van der Waals surface area contributed by atoms with Crippen LogP contribution >= 0.6 is 11.6 Å². The highest BCUT2D eigenvalue weighted by atomic mass is 35.5. The lowest BCUT2D eigenvalue weighted by molar-refractivity contribution is 0.590. The van der Waals surface area contributed by atoms with E-state index in [0.717, 1.165) is 22.4 Å². The Morgan fingerprint density at radius 3 is 2.13 bits per heavy atom. The lowest BCUT2D eigenvalue weighted by Crippen LogP contribution is -2.10. The van der Waals surface area contributed by atoms with Crippen LogP contribution in [0.15, 0.2) is 60.8 Å². The Hall–Kier alpha value is -2.19. The Kier molecular flexibility index (Phi) is 4.18. The molecule has 0 unspecified atom stereocenters. The average molecular weight is 323 g/mol. The maximum Gasteiger partial charge on any atom is 0.0944 e. The van der Waals surface area contributed by atoms with Gasteiger partial charge in [-0.05, 0) is 40.3 Å². The summed E-state index contributed by atoms with van der Waals surface area (Å²) >= 11 is 6.45. The van der Waals surface area contributed by atoms with Gasteiger partial charge < -0.3 is 0 Å². The van der Waals surface area contributed by atoms with E-state index in [1.54, 1.807) is 6.20 Å². The van der Waals surface area contributed by atoms with Crippen LogP contribution in [0.5, 0.6) is 0 Å². The molecule has 2 nitrogen and oxygen atoms in total. The predicted octanol–water partition coefficient (Wildman–Crippen LogP) is 5.76. The molecular formula is C20H19ClN2. The zero-order chi connectivity index (χ0) is 16.4. The number of rotatable bonds is 2. The molecular weight excluding hydrogens is 304 g/mol. The molecule has 2 aromatic carbocycles. The molecule has 0 atom stereocenters. The third-order valence-electron chi connectivity index (χ3n) is 3.90. The minimum absolute atomic E-state index is 0.159. The van der Waals surface area contributed by atoms with Gasteiger partial charge in [0.25, 0.3) is 0 Å². The Labute approximate surface area is 142 Å². The van der Waals surface area contributed by atoms with E-state index in [0.29, 0.717) is 5.02 Å². The molecule has 0 aliphatic carbocycles. The van der Waals surface area contributed by atoms with E-state index in [9.17, 15) is 0 Å². The molecule has 0 aliphatic rings. The third-order valence-corrected chi connectivity index (χ3v) is 4.21. The number of benzene rings is 2. The van der Waals surface area contributed by atoms with Gasteiger partial charge in [-0.2, -0.15) is 10.2 Å². The molecule has 0 radical (unpaired) electrons. The molecule has 0 saturated carbocycles. The quantitative estimate of drug-likeness (QED) is 0.599. The highest BCUT2D eigenvalue weighted by Gasteiger charge is 2.13. The summed E-state index contributed by atoms with van der Waals surface area (Å²) in [6.07, 6.45) is 1.66. The minimum Gasteiger partial charge on any atom is -0.159 e. The summed E-state index contributed by atoms with van der Waals surface area (Å²) < 4.78 is 0. The van der Waals surface area contributed by atoms with Crippen LogP contribution in [0.25, 0.3) is 22.4 Å². The average Bonchev–Trinajstić information content (AvgIpc) is 2.55. The molecule has 0 aliphatic heterocycles. The summed E-state index contributed by atoms with van der Waals surface area (Å²) in [5, 5.41) is 8.71. The highest BCUT2D eigenvalue weighted by molar-refractivity contribution is 6.33. The largest absolute Gasteiger partial charge is 0.159 e. The van der Waals surface area contributed by atoms with Gasteiger partial charge in [0.2, 0.25) is 0 Å². The Morgan fingerprint density at radius 1 is 0.870 bits per heavy atom. The molecule has 0 amide bonds. The minimum atomic E-state index is 0.159. The first-order valence-electron chi connectivity index (χ1n) is 7.64. The van der Waals surface area contributed by atoms with Crippen LogP contribution in [0.2, 0.25) is 5.02 Å². The fraction of sp³-hybridized carbons (Fsp3) is 0.200. The van der Waals surface area contributed by atoms with Crippen LogP contribution in [-0.2, 0) is 5.41 Å². The summed E-state index contributed by atoms with van der Waals surface area (Å²) in [5.74, 6) is 0. The first-order valence-corrected chi connectivity index (χ1v) is 8.01. The van der Waals surface area contributed by atoms with Crippen LogP contribution in [0.1, 0.15) is 26.3 Å². The maximum absolute atomic E-state index is 6.45. The van der Waals surface area contributed by atoms with Gasteiger partial charge in [-0.25, -0.2) is 0 Å². The zero-order valence-corrected chi connectivity index (χ0v) is 14.3. The molecule has 116 valence electrons. The second kappa shape index (κ2) is 6.13. The first-order chi connectivity index (χ1) is 10.9. The van der Waals surface area contributed by atoms with Gasteiger partial charge in [-0.1, -0.05) is 68.8 Å². The van der Waals surface area contributed by atoms with Crippen molar-refractivity contribution in [3.8, 4) is 22.4 Å². The van der Waals surface area contributed by atoms with Crippen LogP contribution in [0.3, 0.4) is 0 Å². The van der Waals surface area contributed by atoms with Crippen molar-refractivity contribution >= 4 is 11.6 Å². The molecule has 0 spiro atoms. The fourth-order valence-electron chi connectivity index (χ4n) is 2.51. The van der Waals surface area contributed by atoms with Gasteiger partial charge in [-0.3, -0.25) is 0 Å². The van der Waals surface area contributed by atoms with Crippen molar-refractivity contribution in [1.82, 2.24) is 10.2 Å². The number of halogens is 1. The summed E-state index contributed by atoms with van der Waals surface area (Å²) in [5.41, 5.74) is 5.42. The van der Waals surface area contributed by atoms with Crippen molar-refractivity contribution in [1.29, 1.82) is 0 Å². The number of aromatic nitrogens is 2. The normalized spacial score (nSPS) is 11.5. The lowest BCUT2D eigenvalue weighted by atomic mass is 9.86. The summed E-state index contributed by atoms with van der Waals surface area (Å²) in [6.45, 7) is 6.65. The van der Waals surface area contributed by atoms with Gasteiger partial charge in [0.1, 0.15) is 0 Å². The summed E-state index contributed by atoms with van der Waals surface area (Å²) in [7, 11) is 0. The molecule has 3 rings (SSSR count). The van der Waals surface area contributed by atoms with E-state index in [1.807, 2.05) is 24.3 Å². The van der Waals surface area contributed by atoms with Gasteiger partial charge in [0, 0.05) is 11.8 Å². The molecule has 0 fully saturated rings. The van der Waals surface area contributed by atoms with Crippen molar-refractivity contribution in [3.05, 3.63) is 71.4 Å². The second-order valence-electron chi connectivity index (χ2n) is 6.63. The van der Waals surface area contributed by atoms with Gasteiger partial charge in [0.05, 0.1) is 10.7 Å². The van der Waals surface area contributed by atoms with Gasteiger partial charge >= 0.3 is 0 Å².